The van der Waals surface area contributed by atoms with Gasteiger partial charge in [-0.05, 0) is 36.6 Å². The maximum absolute atomic E-state index is 12.8. The number of nitrogens with zero attached hydrogens (tertiary/aromatic N) is 2. The van der Waals surface area contributed by atoms with Crippen LogP contribution < -0.4 is 5.32 Å². The Balaban J connectivity index is 1.44. The third-order valence-corrected chi connectivity index (χ3v) is 5.59. The normalized spacial score (nSPS) is 21.1. The summed E-state index contributed by atoms with van der Waals surface area (Å²) in [4.78, 5) is 31.2. The molecule has 0 aromatic carbocycles. The van der Waals surface area contributed by atoms with Gasteiger partial charge in [-0.15, -0.1) is 0 Å². The Morgan fingerprint density at radius 3 is 2.72 bits per heavy atom. The van der Waals surface area contributed by atoms with Gasteiger partial charge in [-0.2, -0.15) is 0 Å². The monoisotopic (exact) mass is 339 g/mol. The molecule has 1 N–H and O–H groups in total. The van der Waals surface area contributed by atoms with Crippen LogP contribution in [-0.4, -0.2) is 34.8 Å². The molecule has 25 heavy (non-hydrogen) atoms. The summed E-state index contributed by atoms with van der Waals surface area (Å²) in [7, 11) is 0. The second-order valence-corrected chi connectivity index (χ2v) is 7.04. The fourth-order valence-electron chi connectivity index (χ4n) is 4.00. The number of rotatable bonds is 4. The van der Waals surface area contributed by atoms with E-state index in [9.17, 15) is 9.59 Å². The number of carbonyl (C=O) groups is 2. The molecule has 2 aromatic heterocycles. The molecule has 1 saturated carbocycles. The summed E-state index contributed by atoms with van der Waals surface area (Å²) in [5.41, 5.74) is 1.52. The molecule has 1 saturated heterocycles. The van der Waals surface area contributed by atoms with E-state index in [-0.39, 0.29) is 23.1 Å². The van der Waals surface area contributed by atoms with E-state index in [1.54, 1.807) is 23.4 Å². The predicted octanol–water partition coefficient (Wildman–Crippen LogP) is 2.23. The van der Waals surface area contributed by atoms with Gasteiger partial charge in [-0.3, -0.25) is 14.6 Å². The van der Waals surface area contributed by atoms with Crippen molar-refractivity contribution in [2.45, 2.75) is 25.8 Å². The summed E-state index contributed by atoms with van der Waals surface area (Å²) in [5.74, 6) is -0.151. The van der Waals surface area contributed by atoms with Crippen LogP contribution >= 0.6 is 0 Å². The third kappa shape index (κ3) is 2.92. The number of likely N-dealkylation sites (tertiary alicyclic amines) is 1. The van der Waals surface area contributed by atoms with Crippen LogP contribution in [0.1, 0.15) is 35.2 Å². The SMILES string of the molecule is O=C(NCc1ccncc1)C1CN(C(=O)c2ccoc2)CC12CCC2. The summed E-state index contributed by atoms with van der Waals surface area (Å²) < 4.78 is 5.02. The summed E-state index contributed by atoms with van der Waals surface area (Å²) in [5, 5.41) is 3.04. The molecule has 1 spiro atoms. The maximum Gasteiger partial charge on any atom is 0.257 e. The quantitative estimate of drug-likeness (QED) is 0.927. The molecule has 130 valence electrons. The molecule has 0 bridgehead atoms. The third-order valence-electron chi connectivity index (χ3n) is 5.59. The lowest BCUT2D eigenvalue weighted by Crippen LogP contribution is -2.45. The zero-order valence-corrected chi connectivity index (χ0v) is 14.0. The van der Waals surface area contributed by atoms with Crippen LogP contribution in [0.15, 0.2) is 47.5 Å². The van der Waals surface area contributed by atoms with E-state index in [1.807, 2.05) is 12.1 Å². The van der Waals surface area contributed by atoms with Crippen LogP contribution in [0, 0.1) is 11.3 Å². The summed E-state index contributed by atoms with van der Waals surface area (Å²) in [6, 6.07) is 5.46. The molecule has 1 aliphatic carbocycles. The van der Waals surface area contributed by atoms with Gasteiger partial charge in [-0.1, -0.05) is 6.42 Å². The number of hydrogen-bond acceptors (Lipinski definition) is 4. The molecule has 6 nitrogen and oxygen atoms in total. The minimum absolute atomic E-state index is 0.0407. The van der Waals surface area contributed by atoms with E-state index in [0.29, 0.717) is 25.2 Å². The van der Waals surface area contributed by atoms with E-state index in [4.69, 9.17) is 4.42 Å². The van der Waals surface area contributed by atoms with Crippen LogP contribution in [0.3, 0.4) is 0 Å². The van der Waals surface area contributed by atoms with Crippen LogP contribution in [0.4, 0.5) is 0 Å². The fourth-order valence-corrected chi connectivity index (χ4v) is 4.00. The average molecular weight is 339 g/mol. The Hall–Kier alpha value is -2.63. The number of carbonyl (C=O) groups excluding carboxylic acids is 2. The second kappa shape index (κ2) is 6.35. The topological polar surface area (TPSA) is 75.4 Å². The Labute approximate surface area is 146 Å². The van der Waals surface area contributed by atoms with Gasteiger partial charge in [0.25, 0.3) is 5.91 Å². The number of aromatic nitrogens is 1. The standard InChI is InChI=1S/C19H21N3O3/c23-17(21-10-14-2-7-20-8-3-14)16-11-22(13-19(16)5-1-6-19)18(24)15-4-9-25-12-15/h2-4,7-9,12,16H,1,5-6,10-11,13H2,(H,21,23). The lowest BCUT2D eigenvalue weighted by atomic mass is 9.62. The minimum Gasteiger partial charge on any atom is -0.472 e. The van der Waals surface area contributed by atoms with E-state index in [0.717, 1.165) is 24.8 Å². The lowest BCUT2D eigenvalue weighted by Gasteiger charge is -2.41. The highest BCUT2D eigenvalue weighted by atomic mass is 16.3. The largest absolute Gasteiger partial charge is 0.472 e. The van der Waals surface area contributed by atoms with Crippen molar-refractivity contribution in [3.8, 4) is 0 Å². The van der Waals surface area contributed by atoms with Gasteiger partial charge in [0.05, 0.1) is 17.7 Å². The minimum atomic E-state index is -0.140. The number of amides is 2. The van der Waals surface area contributed by atoms with Crippen molar-refractivity contribution in [1.29, 1.82) is 0 Å². The first-order valence-corrected chi connectivity index (χ1v) is 8.66. The van der Waals surface area contributed by atoms with E-state index in [2.05, 4.69) is 10.3 Å². The van der Waals surface area contributed by atoms with Crippen molar-refractivity contribution in [2.24, 2.45) is 11.3 Å². The smallest absolute Gasteiger partial charge is 0.257 e. The van der Waals surface area contributed by atoms with Crippen molar-refractivity contribution in [3.63, 3.8) is 0 Å². The predicted molar refractivity (Wildman–Crippen MR) is 90.5 cm³/mol. The summed E-state index contributed by atoms with van der Waals surface area (Å²) in [6.45, 7) is 1.63. The molecule has 2 amide bonds. The molecule has 6 heteroatoms. The molecular formula is C19H21N3O3. The molecular weight excluding hydrogens is 318 g/mol. The average Bonchev–Trinajstić information content (AvgIpc) is 3.27. The highest BCUT2D eigenvalue weighted by Crippen LogP contribution is 2.52. The Morgan fingerprint density at radius 2 is 2.08 bits per heavy atom. The Kier molecular flexibility index (Phi) is 4.03. The number of hydrogen-bond donors (Lipinski definition) is 1. The molecule has 2 aliphatic rings. The van der Waals surface area contributed by atoms with Crippen molar-refractivity contribution >= 4 is 11.8 Å². The molecule has 2 fully saturated rings. The molecule has 3 heterocycles. The lowest BCUT2D eigenvalue weighted by molar-refractivity contribution is -0.129. The van der Waals surface area contributed by atoms with Crippen molar-refractivity contribution in [2.75, 3.05) is 13.1 Å². The molecule has 1 aliphatic heterocycles. The fraction of sp³-hybridized carbons (Fsp3) is 0.421. The molecule has 0 radical (unpaired) electrons. The van der Waals surface area contributed by atoms with Gasteiger partial charge >= 0.3 is 0 Å². The Morgan fingerprint density at radius 1 is 1.28 bits per heavy atom. The van der Waals surface area contributed by atoms with Gasteiger partial charge in [0, 0.05) is 37.4 Å². The van der Waals surface area contributed by atoms with Gasteiger partial charge in [0.2, 0.25) is 5.91 Å². The first-order chi connectivity index (χ1) is 12.2. The molecule has 1 atom stereocenters. The highest BCUT2D eigenvalue weighted by molar-refractivity contribution is 5.95. The number of nitrogens with one attached hydrogen (secondary N) is 1. The van der Waals surface area contributed by atoms with E-state index in [1.165, 1.54) is 12.5 Å². The summed E-state index contributed by atoms with van der Waals surface area (Å²) >= 11 is 0. The van der Waals surface area contributed by atoms with E-state index < -0.39 is 0 Å². The van der Waals surface area contributed by atoms with Gasteiger partial charge < -0.3 is 14.6 Å². The Bertz CT molecular complexity index is 753. The van der Waals surface area contributed by atoms with Crippen molar-refractivity contribution in [3.05, 3.63) is 54.2 Å². The zero-order chi connectivity index (χ0) is 17.3. The zero-order valence-electron chi connectivity index (χ0n) is 14.0. The first-order valence-electron chi connectivity index (χ1n) is 8.66. The number of furan rings is 1. The molecule has 1 unspecified atom stereocenters. The molecule has 4 rings (SSSR count). The maximum atomic E-state index is 12.8. The van der Waals surface area contributed by atoms with Crippen LogP contribution in [0.2, 0.25) is 0 Å². The van der Waals surface area contributed by atoms with Gasteiger partial charge in [0.1, 0.15) is 6.26 Å². The second-order valence-electron chi connectivity index (χ2n) is 7.04. The van der Waals surface area contributed by atoms with Gasteiger partial charge in [0.15, 0.2) is 0 Å². The molecule has 2 aromatic rings. The van der Waals surface area contributed by atoms with Crippen LogP contribution in [-0.2, 0) is 11.3 Å². The highest BCUT2D eigenvalue weighted by Gasteiger charge is 2.54. The number of pyridine rings is 1. The van der Waals surface area contributed by atoms with Crippen molar-refractivity contribution < 1.29 is 14.0 Å². The van der Waals surface area contributed by atoms with E-state index >= 15 is 0 Å². The van der Waals surface area contributed by atoms with Gasteiger partial charge in [-0.25, -0.2) is 0 Å². The first kappa shape index (κ1) is 15.9. The van der Waals surface area contributed by atoms with Crippen LogP contribution in [0.5, 0.6) is 0 Å². The van der Waals surface area contributed by atoms with Crippen molar-refractivity contribution in [1.82, 2.24) is 15.2 Å². The van der Waals surface area contributed by atoms with Crippen LogP contribution in [0.25, 0.3) is 0 Å². The summed E-state index contributed by atoms with van der Waals surface area (Å²) in [6.07, 6.45) is 9.55.